The standard InChI is InChI=1S/C21H27F2N3O3/c1-5-24-21(25-11-15-8-13(2)19(27)14(3)9-15)26-12-16-10-17(28-4)6-7-18(16)29-20(22)23/h6-10,20,27H,5,11-12H2,1-4H3,(H2,24,25,26). The number of guanidine groups is 1. The summed E-state index contributed by atoms with van der Waals surface area (Å²) < 4.78 is 35.1. The minimum atomic E-state index is -2.91. The van der Waals surface area contributed by atoms with Gasteiger partial charge in [0.25, 0.3) is 0 Å². The van der Waals surface area contributed by atoms with Gasteiger partial charge in [-0.1, -0.05) is 12.1 Å². The highest BCUT2D eigenvalue weighted by Crippen LogP contribution is 2.26. The summed E-state index contributed by atoms with van der Waals surface area (Å²) >= 11 is 0. The van der Waals surface area contributed by atoms with Crippen LogP contribution in [0.5, 0.6) is 17.2 Å². The second kappa shape index (κ2) is 10.5. The molecule has 0 aromatic heterocycles. The molecule has 3 N–H and O–H groups in total. The first-order valence-corrected chi connectivity index (χ1v) is 9.27. The van der Waals surface area contributed by atoms with Gasteiger partial charge in [-0.25, -0.2) is 4.99 Å². The number of phenolic OH excluding ortho intramolecular Hbond substituents is 1. The maximum absolute atomic E-state index is 12.7. The molecule has 0 aliphatic carbocycles. The van der Waals surface area contributed by atoms with Crippen molar-refractivity contribution in [3.05, 3.63) is 52.6 Å². The molecule has 8 heteroatoms. The molecule has 0 unspecified atom stereocenters. The zero-order chi connectivity index (χ0) is 21.4. The smallest absolute Gasteiger partial charge is 0.387 e. The van der Waals surface area contributed by atoms with Crippen molar-refractivity contribution in [1.82, 2.24) is 10.6 Å². The van der Waals surface area contributed by atoms with Crippen molar-refractivity contribution in [3.63, 3.8) is 0 Å². The van der Waals surface area contributed by atoms with Crippen molar-refractivity contribution in [2.24, 2.45) is 4.99 Å². The number of benzene rings is 2. The zero-order valence-electron chi connectivity index (χ0n) is 17.1. The summed E-state index contributed by atoms with van der Waals surface area (Å²) in [5, 5.41) is 16.1. The number of aryl methyl sites for hydroxylation is 2. The summed E-state index contributed by atoms with van der Waals surface area (Å²) in [6.45, 7) is 3.96. The van der Waals surface area contributed by atoms with Gasteiger partial charge in [-0.3, -0.25) is 0 Å². The van der Waals surface area contributed by atoms with E-state index >= 15 is 0 Å². The third-order valence-electron chi connectivity index (χ3n) is 4.24. The summed E-state index contributed by atoms with van der Waals surface area (Å²) in [6.07, 6.45) is 0. The molecule has 0 aliphatic heterocycles. The summed E-state index contributed by atoms with van der Waals surface area (Å²) in [5.74, 6) is 1.43. The van der Waals surface area contributed by atoms with E-state index in [1.165, 1.54) is 13.2 Å². The Labute approximate surface area is 169 Å². The van der Waals surface area contributed by atoms with E-state index in [1.807, 2.05) is 32.9 Å². The monoisotopic (exact) mass is 407 g/mol. The Morgan fingerprint density at radius 1 is 1.14 bits per heavy atom. The van der Waals surface area contributed by atoms with E-state index in [-0.39, 0.29) is 18.0 Å². The minimum Gasteiger partial charge on any atom is -0.507 e. The molecule has 0 bridgehead atoms. The fraction of sp³-hybridized carbons (Fsp3) is 0.381. The van der Waals surface area contributed by atoms with E-state index in [0.717, 1.165) is 16.7 Å². The predicted octanol–water partition coefficient (Wildman–Crippen LogP) is 3.87. The van der Waals surface area contributed by atoms with E-state index in [9.17, 15) is 13.9 Å². The quantitative estimate of drug-likeness (QED) is 0.458. The lowest BCUT2D eigenvalue weighted by Crippen LogP contribution is -2.36. The first-order valence-electron chi connectivity index (χ1n) is 9.27. The molecule has 158 valence electrons. The van der Waals surface area contributed by atoms with E-state index in [1.54, 1.807) is 12.1 Å². The second-order valence-corrected chi connectivity index (χ2v) is 6.48. The normalized spacial score (nSPS) is 11.5. The van der Waals surface area contributed by atoms with Gasteiger partial charge in [-0.15, -0.1) is 0 Å². The number of nitrogens with zero attached hydrogens (tertiary/aromatic N) is 1. The average molecular weight is 407 g/mol. The van der Waals surface area contributed by atoms with Crippen LogP contribution in [0.25, 0.3) is 0 Å². The van der Waals surface area contributed by atoms with E-state index in [4.69, 9.17) is 4.74 Å². The number of ether oxygens (including phenoxy) is 2. The van der Waals surface area contributed by atoms with Crippen LogP contribution in [-0.4, -0.2) is 31.3 Å². The highest BCUT2D eigenvalue weighted by Gasteiger charge is 2.12. The van der Waals surface area contributed by atoms with Gasteiger partial charge >= 0.3 is 6.61 Å². The predicted molar refractivity (Wildman–Crippen MR) is 109 cm³/mol. The summed E-state index contributed by atoms with van der Waals surface area (Å²) in [6, 6.07) is 8.42. The Balaban J connectivity index is 2.15. The number of nitrogens with one attached hydrogen (secondary N) is 2. The largest absolute Gasteiger partial charge is 0.507 e. The first kappa shape index (κ1) is 22.3. The maximum Gasteiger partial charge on any atom is 0.387 e. The topological polar surface area (TPSA) is 75.1 Å². The number of phenols is 1. The van der Waals surface area contributed by atoms with Crippen molar-refractivity contribution < 1.29 is 23.4 Å². The van der Waals surface area contributed by atoms with Gasteiger partial charge in [0.15, 0.2) is 5.96 Å². The lowest BCUT2D eigenvalue weighted by atomic mass is 10.1. The van der Waals surface area contributed by atoms with Gasteiger partial charge in [0, 0.05) is 18.7 Å². The van der Waals surface area contributed by atoms with Crippen LogP contribution < -0.4 is 20.1 Å². The van der Waals surface area contributed by atoms with E-state index in [0.29, 0.717) is 30.4 Å². The highest BCUT2D eigenvalue weighted by atomic mass is 19.3. The number of aromatic hydroxyl groups is 1. The van der Waals surface area contributed by atoms with Crippen LogP contribution in [0.2, 0.25) is 0 Å². The number of hydrogen-bond donors (Lipinski definition) is 3. The zero-order valence-corrected chi connectivity index (χ0v) is 17.1. The van der Waals surface area contributed by atoms with Crippen LogP contribution in [0.1, 0.15) is 29.2 Å². The van der Waals surface area contributed by atoms with Gasteiger partial charge in [-0.05, 0) is 55.7 Å². The number of alkyl halides is 2. The molecule has 2 aromatic carbocycles. The number of methoxy groups -OCH3 is 1. The first-order chi connectivity index (χ1) is 13.8. The van der Waals surface area contributed by atoms with Crippen molar-refractivity contribution >= 4 is 5.96 Å². The molecule has 2 rings (SSSR count). The second-order valence-electron chi connectivity index (χ2n) is 6.48. The SMILES string of the molecule is CCNC(=NCc1cc(C)c(O)c(C)c1)NCc1cc(OC)ccc1OC(F)F. The number of aliphatic imine (C=N–C) groups is 1. The molecule has 0 fully saturated rings. The Morgan fingerprint density at radius 3 is 2.41 bits per heavy atom. The van der Waals surface area contributed by atoms with E-state index in [2.05, 4.69) is 20.4 Å². The highest BCUT2D eigenvalue weighted by molar-refractivity contribution is 5.79. The van der Waals surface area contributed by atoms with Gasteiger partial charge in [0.1, 0.15) is 17.2 Å². The Hall–Kier alpha value is -3.03. The lowest BCUT2D eigenvalue weighted by molar-refractivity contribution is -0.0505. The molecule has 0 atom stereocenters. The molecule has 6 nitrogen and oxygen atoms in total. The molecule has 0 aliphatic rings. The molecular weight excluding hydrogens is 380 g/mol. The fourth-order valence-corrected chi connectivity index (χ4v) is 2.86. The summed E-state index contributed by atoms with van der Waals surface area (Å²) in [5.41, 5.74) is 3.06. The van der Waals surface area contributed by atoms with Gasteiger partial charge in [-0.2, -0.15) is 8.78 Å². The van der Waals surface area contributed by atoms with Crippen molar-refractivity contribution in [2.45, 2.75) is 40.5 Å². The van der Waals surface area contributed by atoms with Crippen molar-refractivity contribution in [2.75, 3.05) is 13.7 Å². The molecule has 2 aromatic rings. The number of hydrogen-bond acceptors (Lipinski definition) is 4. The van der Waals surface area contributed by atoms with Gasteiger partial charge in [0.05, 0.1) is 13.7 Å². The molecule has 0 spiro atoms. The number of halogens is 2. The van der Waals surface area contributed by atoms with Crippen molar-refractivity contribution in [3.8, 4) is 17.2 Å². The Morgan fingerprint density at radius 2 is 1.83 bits per heavy atom. The number of rotatable bonds is 8. The molecule has 29 heavy (non-hydrogen) atoms. The Kier molecular flexibility index (Phi) is 8.06. The summed E-state index contributed by atoms with van der Waals surface area (Å²) in [7, 11) is 1.51. The van der Waals surface area contributed by atoms with Crippen LogP contribution in [0.15, 0.2) is 35.3 Å². The third-order valence-corrected chi connectivity index (χ3v) is 4.24. The van der Waals surface area contributed by atoms with E-state index < -0.39 is 6.61 Å². The Bertz CT molecular complexity index is 834. The third kappa shape index (κ3) is 6.51. The van der Waals surface area contributed by atoms with Gasteiger partial charge in [0.2, 0.25) is 0 Å². The average Bonchev–Trinajstić information content (AvgIpc) is 2.68. The molecule has 0 radical (unpaired) electrons. The fourth-order valence-electron chi connectivity index (χ4n) is 2.86. The molecule has 0 heterocycles. The molecule has 0 saturated heterocycles. The lowest BCUT2D eigenvalue weighted by Gasteiger charge is -2.15. The van der Waals surface area contributed by atoms with Crippen LogP contribution >= 0.6 is 0 Å². The maximum atomic E-state index is 12.7. The molecular formula is C21H27F2N3O3. The van der Waals surface area contributed by atoms with Crippen LogP contribution in [0.4, 0.5) is 8.78 Å². The summed E-state index contributed by atoms with van der Waals surface area (Å²) in [4.78, 5) is 4.54. The minimum absolute atomic E-state index is 0.0777. The van der Waals surface area contributed by atoms with Crippen LogP contribution in [-0.2, 0) is 13.1 Å². The van der Waals surface area contributed by atoms with Crippen LogP contribution in [0.3, 0.4) is 0 Å². The molecule has 0 amide bonds. The molecule has 0 saturated carbocycles. The van der Waals surface area contributed by atoms with Crippen LogP contribution in [0, 0.1) is 13.8 Å². The van der Waals surface area contributed by atoms with Crippen molar-refractivity contribution in [1.29, 1.82) is 0 Å². The van der Waals surface area contributed by atoms with Gasteiger partial charge < -0.3 is 25.2 Å².